The maximum absolute atomic E-state index is 12.7. The first kappa shape index (κ1) is 16.4. The lowest BCUT2D eigenvalue weighted by Gasteiger charge is -2.32. The normalized spacial score (nSPS) is 17.2. The summed E-state index contributed by atoms with van der Waals surface area (Å²) in [6.07, 6.45) is 4.64. The third-order valence-corrected chi connectivity index (χ3v) is 7.15. The zero-order valence-corrected chi connectivity index (χ0v) is 13.2. The number of hydrogen-bond donors (Lipinski definition) is 2. The summed E-state index contributed by atoms with van der Waals surface area (Å²) < 4.78 is 26.7. The van der Waals surface area contributed by atoms with Crippen molar-refractivity contribution in [1.82, 2.24) is 4.31 Å². The second-order valence-electron chi connectivity index (χ2n) is 5.06. The maximum atomic E-state index is 12.7. The molecular weight excluding hydrogens is 314 g/mol. The number of aliphatic hydroxyl groups is 1. The van der Waals surface area contributed by atoms with Gasteiger partial charge in [0.15, 0.2) is 0 Å². The van der Waals surface area contributed by atoms with E-state index in [0.29, 0.717) is 0 Å². The summed E-state index contributed by atoms with van der Waals surface area (Å²) in [7, 11) is -3.75. The molecule has 1 saturated carbocycles. The maximum Gasteiger partial charge on any atom is 0.345 e. The second-order valence-corrected chi connectivity index (χ2v) is 8.26. The lowest BCUT2D eigenvalue weighted by atomic mass is 9.95. The van der Waals surface area contributed by atoms with Crippen molar-refractivity contribution >= 4 is 27.3 Å². The molecule has 0 atom stereocenters. The van der Waals surface area contributed by atoms with Gasteiger partial charge < -0.3 is 10.2 Å². The Kier molecular flexibility index (Phi) is 5.37. The van der Waals surface area contributed by atoms with E-state index in [4.69, 9.17) is 5.11 Å². The fourth-order valence-corrected chi connectivity index (χ4v) is 5.61. The van der Waals surface area contributed by atoms with E-state index in [1.165, 1.54) is 16.4 Å². The van der Waals surface area contributed by atoms with E-state index in [-0.39, 0.29) is 28.3 Å². The molecule has 0 saturated heterocycles. The zero-order chi connectivity index (χ0) is 15.5. The Morgan fingerprint density at radius 2 is 1.95 bits per heavy atom. The molecule has 0 unspecified atom stereocenters. The van der Waals surface area contributed by atoms with E-state index in [1.807, 2.05) is 0 Å². The second kappa shape index (κ2) is 6.87. The number of aliphatic hydroxyl groups excluding tert-OH is 1. The van der Waals surface area contributed by atoms with Crippen molar-refractivity contribution < 1.29 is 23.4 Å². The van der Waals surface area contributed by atoms with Crippen LogP contribution in [0.25, 0.3) is 0 Å². The third-order valence-electron chi connectivity index (χ3n) is 3.66. The van der Waals surface area contributed by atoms with E-state index < -0.39 is 16.0 Å². The Balaban J connectivity index is 2.29. The number of carbonyl (C=O) groups is 1. The number of carboxylic acids is 1. The molecule has 21 heavy (non-hydrogen) atoms. The van der Waals surface area contributed by atoms with Crippen LogP contribution in [0.2, 0.25) is 0 Å². The number of nitrogens with zero attached hydrogens (tertiary/aromatic N) is 1. The van der Waals surface area contributed by atoms with Gasteiger partial charge >= 0.3 is 5.97 Å². The predicted octanol–water partition coefficient (Wildman–Crippen LogP) is 1.76. The van der Waals surface area contributed by atoms with Crippen LogP contribution in [0.5, 0.6) is 0 Å². The molecule has 1 aromatic heterocycles. The van der Waals surface area contributed by atoms with Gasteiger partial charge in [0, 0.05) is 12.6 Å². The zero-order valence-electron chi connectivity index (χ0n) is 11.6. The lowest BCUT2D eigenvalue weighted by molar-refractivity contribution is 0.0702. The van der Waals surface area contributed by atoms with Gasteiger partial charge in [0.25, 0.3) is 10.0 Å². The Labute approximate surface area is 128 Å². The lowest BCUT2D eigenvalue weighted by Crippen LogP contribution is -2.42. The minimum atomic E-state index is -3.75. The molecule has 2 rings (SSSR count). The Morgan fingerprint density at radius 3 is 2.48 bits per heavy atom. The first-order valence-corrected chi connectivity index (χ1v) is 9.18. The van der Waals surface area contributed by atoms with Crippen LogP contribution in [-0.4, -0.2) is 48.1 Å². The highest BCUT2D eigenvalue weighted by Gasteiger charge is 2.33. The van der Waals surface area contributed by atoms with Crippen LogP contribution in [0.1, 0.15) is 41.8 Å². The van der Waals surface area contributed by atoms with Gasteiger partial charge in [-0.3, -0.25) is 0 Å². The summed E-state index contributed by atoms with van der Waals surface area (Å²) in [5.41, 5.74) is 0. The quantitative estimate of drug-likeness (QED) is 0.827. The number of hydrogen-bond acceptors (Lipinski definition) is 5. The van der Waals surface area contributed by atoms with Crippen molar-refractivity contribution in [2.75, 3.05) is 13.2 Å². The molecule has 1 aliphatic carbocycles. The highest BCUT2D eigenvalue weighted by atomic mass is 32.2. The van der Waals surface area contributed by atoms with Gasteiger partial charge in [-0.15, -0.1) is 11.3 Å². The SMILES string of the molecule is O=C(O)c1ccc(S(=O)(=O)N(CCO)C2CCCCC2)s1. The van der Waals surface area contributed by atoms with Gasteiger partial charge in [-0.2, -0.15) is 4.31 Å². The first-order chi connectivity index (χ1) is 9.96. The predicted molar refractivity (Wildman–Crippen MR) is 79.1 cm³/mol. The van der Waals surface area contributed by atoms with Gasteiger partial charge in [-0.05, 0) is 25.0 Å². The largest absolute Gasteiger partial charge is 0.477 e. The van der Waals surface area contributed by atoms with Crippen LogP contribution >= 0.6 is 11.3 Å². The van der Waals surface area contributed by atoms with Gasteiger partial charge in [0.05, 0.1) is 6.61 Å². The van der Waals surface area contributed by atoms with Crippen molar-refractivity contribution in [1.29, 1.82) is 0 Å². The molecule has 2 N–H and O–H groups in total. The van der Waals surface area contributed by atoms with E-state index in [0.717, 1.165) is 43.4 Å². The van der Waals surface area contributed by atoms with Crippen LogP contribution in [-0.2, 0) is 10.0 Å². The summed E-state index contributed by atoms with van der Waals surface area (Å²) in [6, 6.07) is 2.53. The minimum absolute atomic E-state index is 0.00108. The average Bonchev–Trinajstić information content (AvgIpc) is 2.96. The summed E-state index contributed by atoms with van der Waals surface area (Å²) in [6.45, 7) is -0.194. The number of aromatic carboxylic acids is 1. The smallest absolute Gasteiger partial charge is 0.345 e. The van der Waals surface area contributed by atoms with Gasteiger partial charge in [-0.1, -0.05) is 19.3 Å². The Bertz CT molecular complexity index is 589. The van der Waals surface area contributed by atoms with Crippen LogP contribution in [0.3, 0.4) is 0 Å². The third kappa shape index (κ3) is 3.63. The fraction of sp³-hybridized carbons (Fsp3) is 0.615. The molecule has 0 aromatic carbocycles. The molecule has 1 heterocycles. The minimum Gasteiger partial charge on any atom is -0.477 e. The molecule has 0 amide bonds. The molecule has 1 aromatic rings. The van der Waals surface area contributed by atoms with Crippen LogP contribution < -0.4 is 0 Å². The number of thiophene rings is 1. The summed E-state index contributed by atoms with van der Waals surface area (Å²) in [5.74, 6) is -1.13. The van der Waals surface area contributed by atoms with Gasteiger partial charge in [0.1, 0.15) is 9.09 Å². The summed E-state index contributed by atoms with van der Waals surface area (Å²) in [5, 5.41) is 18.1. The summed E-state index contributed by atoms with van der Waals surface area (Å²) >= 11 is 0.755. The molecule has 1 fully saturated rings. The van der Waals surface area contributed by atoms with Crippen molar-refractivity contribution in [2.45, 2.75) is 42.4 Å². The topological polar surface area (TPSA) is 94.9 Å². The fourth-order valence-electron chi connectivity index (χ4n) is 2.66. The molecule has 8 heteroatoms. The number of sulfonamides is 1. The standard InChI is InChI=1S/C13H19NO5S2/c15-9-8-14(10-4-2-1-3-5-10)21(18,19)12-7-6-11(20-12)13(16)17/h6-7,10,15H,1-5,8-9H2,(H,16,17). The van der Waals surface area contributed by atoms with Crippen LogP contribution in [0.15, 0.2) is 16.3 Å². The molecule has 6 nitrogen and oxygen atoms in total. The van der Waals surface area contributed by atoms with Crippen molar-refractivity contribution in [2.24, 2.45) is 0 Å². The van der Waals surface area contributed by atoms with E-state index >= 15 is 0 Å². The summed E-state index contributed by atoms with van der Waals surface area (Å²) in [4.78, 5) is 10.9. The van der Waals surface area contributed by atoms with Crippen molar-refractivity contribution in [3.05, 3.63) is 17.0 Å². The van der Waals surface area contributed by atoms with Crippen molar-refractivity contribution in [3.63, 3.8) is 0 Å². The van der Waals surface area contributed by atoms with E-state index in [1.54, 1.807) is 0 Å². The molecule has 0 aliphatic heterocycles. The monoisotopic (exact) mass is 333 g/mol. The average molecular weight is 333 g/mol. The first-order valence-electron chi connectivity index (χ1n) is 6.92. The highest BCUT2D eigenvalue weighted by Crippen LogP contribution is 2.30. The Morgan fingerprint density at radius 1 is 1.29 bits per heavy atom. The number of rotatable bonds is 6. The van der Waals surface area contributed by atoms with Gasteiger partial charge in [-0.25, -0.2) is 13.2 Å². The van der Waals surface area contributed by atoms with Crippen molar-refractivity contribution in [3.8, 4) is 0 Å². The molecule has 0 bridgehead atoms. The highest BCUT2D eigenvalue weighted by molar-refractivity contribution is 7.91. The molecule has 1 aliphatic rings. The molecule has 0 radical (unpaired) electrons. The Hall–Kier alpha value is -0.960. The molecule has 118 valence electrons. The van der Waals surface area contributed by atoms with Crippen LogP contribution in [0, 0.1) is 0 Å². The molecular formula is C13H19NO5S2. The number of carboxylic acid groups (broad SMARTS) is 1. The molecule has 0 spiro atoms. The van der Waals surface area contributed by atoms with Gasteiger partial charge in [0.2, 0.25) is 0 Å². The van der Waals surface area contributed by atoms with E-state index in [2.05, 4.69) is 0 Å². The van der Waals surface area contributed by atoms with Crippen LogP contribution in [0.4, 0.5) is 0 Å². The van der Waals surface area contributed by atoms with E-state index in [9.17, 15) is 18.3 Å².